The van der Waals surface area contributed by atoms with E-state index in [1.165, 1.54) is 0 Å². The third-order valence-electron chi connectivity index (χ3n) is 1.04. The summed E-state index contributed by atoms with van der Waals surface area (Å²) in [6, 6.07) is 0. The van der Waals surface area contributed by atoms with Crippen LogP contribution in [-0.4, -0.2) is 51.0 Å². The predicted octanol–water partition coefficient (Wildman–Crippen LogP) is -2.65. The van der Waals surface area contributed by atoms with Crippen molar-refractivity contribution in [1.29, 1.82) is 0 Å². The lowest BCUT2D eigenvalue weighted by atomic mass is 10.1. The Bertz CT molecular complexity index is 164. The molecule has 0 fully saturated rings. The Kier molecular flexibility index (Phi) is 3.66. The first-order valence-electron chi connectivity index (χ1n) is 2.73. The van der Waals surface area contributed by atoms with Crippen LogP contribution in [0.3, 0.4) is 0 Å². The fourth-order valence-electron chi connectivity index (χ4n) is 0.405. The zero-order chi connectivity index (χ0) is 9.02. The third kappa shape index (κ3) is 2.62. The molecule has 0 aliphatic rings. The Morgan fingerprint density at radius 2 is 1.64 bits per heavy atom. The number of aliphatic hydroxyl groups is 3. The van der Waals surface area contributed by atoms with Gasteiger partial charge in [-0.25, -0.2) is 4.79 Å². The predicted molar refractivity (Wildman–Crippen MR) is 31.7 cm³/mol. The van der Waals surface area contributed by atoms with Gasteiger partial charge in [-0.3, -0.25) is 4.79 Å². The lowest BCUT2D eigenvalue weighted by Gasteiger charge is -2.10. The lowest BCUT2D eigenvalue weighted by Crippen LogP contribution is -2.40. The molecule has 0 aromatic carbocycles. The number of hydrogen-bond acceptors (Lipinski definition) is 5. The molecule has 0 unspecified atom stereocenters. The first-order valence-corrected chi connectivity index (χ1v) is 2.73. The lowest BCUT2D eigenvalue weighted by molar-refractivity contribution is -0.158. The monoisotopic (exact) mass is 164 g/mol. The van der Waals surface area contributed by atoms with Crippen LogP contribution in [0.4, 0.5) is 0 Å². The molecule has 0 spiro atoms. The maximum Gasteiger partial charge on any atom is 0.335 e. The summed E-state index contributed by atoms with van der Waals surface area (Å²) in [6.45, 7) is -0.995. The molecule has 0 saturated carbocycles. The number of carbonyl (C=O) groups excluding carboxylic acids is 1. The molecule has 64 valence electrons. The molecule has 0 aromatic heterocycles. The van der Waals surface area contributed by atoms with Gasteiger partial charge < -0.3 is 20.4 Å². The second kappa shape index (κ2) is 4.02. The van der Waals surface area contributed by atoms with Crippen molar-refractivity contribution in [2.24, 2.45) is 0 Å². The number of rotatable bonds is 4. The number of Topliss-reactive ketones (excluding diaryl/α,β-unsaturated/α-hetero) is 1. The summed E-state index contributed by atoms with van der Waals surface area (Å²) in [5.41, 5.74) is 0. The van der Waals surface area contributed by atoms with Gasteiger partial charge in [-0.1, -0.05) is 0 Å². The van der Waals surface area contributed by atoms with Gasteiger partial charge in [-0.2, -0.15) is 0 Å². The minimum atomic E-state index is -2.17. The van der Waals surface area contributed by atoms with Crippen LogP contribution in [0.25, 0.3) is 0 Å². The Hall–Kier alpha value is -0.980. The Labute approximate surface area is 61.7 Å². The Balaban J connectivity index is 4.12. The SMILES string of the molecule is O=C(O)[C@H](O)[C@@H](O)C(=O)CO. The van der Waals surface area contributed by atoms with Crippen molar-refractivity contribution in [1.82, 2.24) is 0 Å². The topological polar surface area (TPSA) is 115 Å². The Morgan fingerprint density at radius 3 is 1.91 bits per heavy atom. The van der Waals surface area contributed by atoms with Gasteiger partial charge >= 0.3 is 5.97 Å². The fourth-order valence-corrected chi connectivity index (χ4v) is 0.405. The maximum atomic E-state index is 10.3. The van der Waals surface area contributed by atoms with Crippen LogP contribution in [0, 0.1) is 0 Å². The van der Waals surface area contributed by atoms with Crippen molar-refractivity contribution in [2.75, 3.05) is 6.61 Å². The molecule has 0 aliphatic carbocycles. The summed E-state index contributed by atoms with van der Waals surface area (Å²) in [5.74, 6) is -2.83. The van der Waals surface area contributed by atoms with Crippen LogP contribution in [0.1, 0.15) is 0 Å². The first kappa shape index (κ1) is 10.0. The van der Waals surface area contributed by atoms with Gasteiger partial charge in [0.1, 0.15) is 6.61 Å². The van der Waals surface area contributed by atoms with E-state index < -0.39 is 30.6 Å². The number of carboxylic acids is 1. The standard InChI is InChI=1S/C5H8O6/c6-1-2(7)3(8)4(9)5(10)11/h3-4,6,8-9H,1H2,(H,10,11)/t3-,4+/m0/s1. The highest BCUT2D eigenvalue weighted by molar-refractivity contribution is 5.89. The molecule has 0 radical (unpaired) electrons. The molecule has 11 heavy (non-hydrogen) atoms. The zero-order valence-corrected chi connectivity index (χ0v) is 5.47. The number of ketones is 1. The highest BCUT2D eigenvalue weighted by Gasteiger charge is 2.28. The normalized spacial score (nSPS) is 15.5. The van der Waals surface area contributed by atoms with E-state index >= 15 is 0 Å². The van der Waals surface area contributed by atoms with Gasteiger partial charge in [-0.05, 0) is 0 Å². The molecule has 0 aliphatic heterocycles. The van der Waals surface area contributed by atoms with Crippen molar-refractivity contribution >= 4 is 11.8 Å². The highest BCUT2D eigenvalue weighted by atomic mass is 16.4. The van der Waals surface area contributed by atoms with Crippen molar-refractivity contribution in [3.05, 3.63) is 0 Å². The van der Waals surface area contributed by atoms with Gasteiger partial charge in [-0.15, -0.1) is 0 Å². The first-order chi connectivity index (χ1) is 5.00. The molecule has 4 N–H and O–H groups in total. The molecule has 0 heterocycles. The van der Waals surface area contributed by atoms with Crippen molar-refractivity contribution in [2.45, 2.75) is 12.2 Å². The molecule has 6 nitrogen and oxygen atoms in total. The van der Waals surface area contributed by atoms with E-state index in [1.807, 2.05) is 0 Å². The minimum absolute atomic E-state index is 0.995. The van der Waals surface area contributed by atoms with Crippen LogP contribution < -0.4 is 0 Å². The average molecular weight is 164 g/mol. The van der Waals surface area contributed by atoms with Gasteiger partial charge in [0.2, 0.25) is 0 Å². The van der Waals surface area contributed by atoms with E-state index in [9.17, 15) is 9.59 Å². The van der Waals surface area contributed by atoms with Gasteiger partial charge in [0.15, 0.2) is 18.0 Å². The van der Waals surface area contributed by atoms with Crippen molar-refractivity contribution in [3.63, 3.8) is 0 Å². The summed E-state index contributed by atoms with van der Waals surface area (Å²) in [4.78, 5) is 20.3. The van der Waals surface area contributed by atoms with Gasteiger partial charge in [0, 0.05) is 0 Å². The van der Waals surface area contributed by atoms with E-state index in [0.29, 0.717) is 0 Å². The number of aliphatic hydroxyl groups excluding tert-OH is 3. The van der Waals surface area contributed by atoms with Gasteiger partial charge in [0.25, 0.3) is 0 Å². The molecule has 0 saturated heterocycles. The summed E-state index contributed by atoms with van der Waals surface area (Å²) in [7, 11) is 0. The van der Waals surface area contributed by atoms with Crippen LogP contribution in [0.5, 0.6) is 0 Å². The van der Waals surface area contributed by atoms with Crippen molar-refractivity contribution in [3.8, 4) is 0 Å². The van der Waals surface area contributed by atoms with Crippen LogP contribution in [0.15, 0.2) is 0 Å². The quantitative estimate of drug-likeness (QED) is 0.361. The fraction of sp³-hybridized carbons (Fsp3) is 0.600. The maximum absolute atomic E-state index is 10.3. The molecule has 0 rings (SSSR count). The summed E-state index contributed by atoms with van der Waals surface area (Å²) in [6.07, 6.45) is -4.23. The molecule has 0 aromatic rings. The van der Waals surface area contributed by atoms with Crippen LogP contribution in [-0.2, 0) is 9.59 Å². The highest BCUT2D eigenvalue weighted by Crippen LogP contribution is 1.94. The number of carbonyl (C=O) groups is 2. The summed E-state index contributed by atoms with van der Waals surface area (Å²) < 4.78 is 0. The second-order valence-corrected chi connectivity index (χ2v) is 1.85. The zero-order valence-electron chi connectivity index (χ0n) is 5.47. The van der Waals surface area contributed by atoms with E-state index in [0.717, 1.165) is 0 Å². The molecular formula is C5H8O6. The second-order valence-electron chi connectivity index (χ2n) is 1.85. The van der Waals surface area contributed by atoms with E-state index in [2.05, 4.69) is 0 Å². The van der Waals surface area contributed by atoms with Gasteiger partial charge in [0.05, 0.1) is 0 Å². The van der Waals surface area contributed by atoms with E-state index in [1.54, 1.807) is 0 Å². The van der Waals surface area contributed by atoms with Crippen LogP contribution >= 0.6 is 0 Å². The van der Waals surface area contributed by atoms with E-state index in [-0.39, 0.29) is 0 Å². The van der Waals surface area contributed by atoms with Crippen LogP contribution in [0.2, 0.25) is 0 Å². The largest absolute Gasteiger partial charge is 0.479 e. The third-order valence-corrected chi connectivity index (χ3v) is 1.04. The van der Waals surface area contributed by atoms with Crippen molar-refractivity contribution < 1.29 is 30.0 Å². The van der Waals surface area contributed by atoms with E-state index in [4.69, 9.17) is 20.4 Å². The number of aliphatic carboxylic acids is 1. The molecular weight excluding hydrogens is 156 g/mol. The molecule has 0 amide bonds. The number of hydrogen-bond donors (Lipinski definition) is 4. The molecule has 6 heteroatoms. The molecule has 2 atom stereocenters. The Morgan fingerprint density at radius 1 is 1.18 bits per heavy atom. The summed E-state index contributed by atoms with van der Waals surface area (Å²) >= 11 is 0. The minimum Gasteiger partial charge on any atom is -0.479 e. The summed E-state index contributed by atoms with van der Waals surface area (Å²) in [5, 5.41) is 33.3. The average Bonchev–Trinajstić information content (AvgIpc) is 2.00. The smallest absolute Gasteiger partial charge is 0.335 e. The molecule has 0 bridgehead atoms. The number of carboxylic acid groups (broad SMARTS) is 1.